The lowest BCUT2D eigenvalue weighted by molar-refractivity contribution is 0.0549. The van der Waals surface area contributed by atoms with Crippen LogP contribution in [0.25, 0.3) is 0 Å². The zero-order valence-corrected chi connectivity index (χ0v) is 21.1. The molecule has 1 aliphatic heterocycles. The second kappa shape index (κ2) is 11.9. The summed E-state index contributed by atoms with van der Waals surface area (Å²) in [4.78, 5) is 4.85. The summed E-state index contributed by atoms with van der Waals surface area (Å²) >= 11 is 0. The maximum absolute atomic E-state index is 13.1. The summed E-state index contributed by atoms with van der Waals surface area (Å²) < 4.78 is 29.0. The Morgan fingerprint density at radius 3 is 1.94 bits per heavy atom. The molecule has 0 aromatic heterocycles. The van der Waals surface area contributed by atoms with E-state index >= 15 is 0 Å². The molecule has 0 bridgehead atoms. The Bertz CT molecular complexity index is 1150. The lowest BCUT2D eigenvalue weighted by Gasteiger charge is -2.37. The topological polar surface area (TPSA) is 72.9 Å². The number of sulfonamides is 1. The number of aliphatic hydroxyl groups excluding tert-OH is 1. The van der Waals surface area contributed by atoms with Crippen molar-refractivity contribution in [1.82, 2.24) is 14.5 Å². The first-order valence-electron chi connectivity index (χ1n) is 12.2. The maximum Gasteiger partial charge on any atom is 0.240 e. The van der Waals surface area contributed by atoms with E-state index in [1.54, 1.807) is 24.3 Å². The molecule has 0 spiro atoms. The van der Waals surface area contributed by atoms with Crippen LogP contribution < -0.4 is 4.72 Å². The monoisotopic (exact) mass is 493 g/mol. The summed E-state index contributed by atoms with van der Waals surface area (Å²) in [5.41, 5.74) is 3.28. The summed E-state index contributed by atoms with van der Waals surface area (Å²) in [7, 11) is -3.76. The van der Waals surface area contributed by atoms with Gasteiger partial charge in [-0.3, -0.25) is 9.80 Å². The molecular weight excluding hydrogens is 458 g/mol. The molecule has 35 heavy (non-hydrogen) atoms. The average molecular weight is 494 g/mol. The Morgan fingerprint density at radius 2 is 1.34 bits per heavy atom. The first kappa shape index (κ1) is 25.5. The minimum atomic E-state index is -3.76. The molecular formula is C28H35N3O3S. The molecule has 3 aromatic carbocycles. The van der Waals surface area contributed by atoms with Gasteiger partial charge in [0.25, 0.3) is 0 Å². The molecule has 2 atom stereocenters. The first-order chi connectivity index (χ1) is 16.9. The number of rotatable bonds is 10. The Balaban J connectivity index is 1.39. The van der Waals surface area contributed by atoms with Crippen molar-refractivity contribution in [3.05, 3.63) is 102 Å². The number of hydrogen-bond donors (Lipinski definition) is 2. The van der Waals surface area contributed by atoms with Gasteiger partial charge in [0.1, 0.15) is 0 Å². The fourth-order valence-electron chi connectivity index (χ4n) is 4.47. The van der Waals surface area contributed by atoms with Gasteiger partial charge in [0, 0.05) is 39.3 Å². The zero-order valence-electron chi connectivity index (χ0n) is 20.3. The van der Waals surface area contributed by atoms with E-state index < -0.39 is 22.2 Å². The fourth-order valence-corrected chi connectivity index (χ4v) is 5.74. The third-order valence-corrected chi connectivity index (χ3v) is 8.07. The smallest absolute Gasteiger partial charge is 0.240 e. The van der Waals surface area contributed by atoms with Crippen molar-refractivity contribution >= 4 is 10.0 Å². The molecule has 1 aliphatic rings. The van der Waals surface area contributed by atoms with Crippen molar-refractivity contribution in [2.24, 2.45) is 0 Å². The lowest BCUT2D eigenvalue weighted by Crippen LogP contribution is -2.53. The predicted molar refractivity (Wildman–Crippen MR) is 140 cm³/mol. The predicted octanol–water partition coefficient (Wildman–Crippen LogP) is 3.06. The van der Waals surface area contributed by atoms with Crippen molar-refractivity contribution in [2.45, 2.75) is 36.9 Å². The standard InChI is InChI=1S/C28H35N3O3S/c1-23-12-14-26(15-13-23)35(33,34)29-27(20-24-8-4-2-5-9-24)28(32)22-31-18-16-30(17-19-31)21-25-10-6-3-7-11-25/h2-15,27-29,32H,16-22H2,1H3/t27-,28+/m0/s1. The van der Waals surface area contributed by atoms with Crippen LogP contribution in [0, 0.1) is 6.92 Å². The Labute approximate surface area is 209 Å². The fraction of sp³-hybridized carbons (Fsp3) is 0.357. The van der Waals surface area contributed by atoms with Gasteiger partial charge in [-0.2, -0.15) is 0 Å². The molecule has 0 unspecified atom stereocenters. The van der Waals surface area contributed by atoms with E-state index in [4.69, 9.17) is 0 Å². The van der Waals surface area contributed by atoms with Gasteiger partial charge in [-0.05, 0) is 36.6 Å². The number of nitrogens with one attached hydrogen (secondary N) is 1. The third kappa shape index (κ3) is 7.46. The van der Waals surface area contributed by atoms with E-state index in [9.17, 15) is 13.5 Å². The van der Waals surface area contributed by atoms with Crippen LogP contribution in [0.3, 0.4) is 0 Å². The average Bonchev–Trinajstić information content (AvgIpc) is 2.86. The largest absolute Gasteiger partial charge is 0.390 e. The van der Waals surface area contributed by atoms with Crippen LogP contribution in [-0.4, -0.2) is 68.2 Å². The molecule has 1 fully saturated rings. The Kier molecular flexibility index (Phi) is 8.70. The Morgan fingerprint density at radius 1 is 0.800 bits per heavy atom. The normalized spacial score (nSPS) is 17.2. The first-order valence-corrected chi connectivity index (χ1v) is 13.7. The molecule has 0 saturated carbocycles. The quantitative estimate of drug-likeness (QED) is 0.454. The summed E-state index contributed by atoms with van der Waals surface area (Å²) in [5.74, 6) is 0. The molecule has 4 rings (SSSR count). The molecule has 186 valence electrons. The number of nitrogens with zero attached hydrogens (tertiary/aromatic N) is 2. The van der Waals surface area contributed by atoms with Crippen molar-refractivity contribution in [3.63, 3.8) is 0 Å². The highest BCUT2D eigenvalue weighted by atomic mass is 32.2. The molecule has 1 saturated heterocycles. The second-order valence-electron chi connectivity index (χ2n) is 9.36. The van der Waals surface area contributed by atoms with Crippen LogP contribution in [0.15, 0.2) is 89.8 Å². The number of β-amino-alcohol motifs (C(OH)–C–C–N with tert-alkyl or cyclic N) is 1. The van der Waals surface area contributed by atoms with Crippen LogP contribution in [0.4, 0.5) is 0 Å². The highest BCUT2D eigenvalue weighted by Crippen LogP contribution is 2.16. The van der Waals surface area contributed by atoms with Crippen molar-refractivity contribution in [2.75, 3.05) is 32.7 Å². The van der Waals surface area contributed by atoms with Crippen LogP contribution in [0.5, 0.6) is 0 Å². The van der Waals surface area contributed by atoms with Gasteiger partial charge in [0.2, 0.25) is 10.0 Å². The van der Waals surface area contributed by atoms with Crippen LogP contribution >= 0.6 is 0 Å². The molecule has 0 radical (unpaired) electrons. The molecule has 1 heterocycles. The SMILES string of the molecule is Cc1ccc(S(=O)(=O)N[C@@H](Cc2ccccc2)[C@H](O)CN2CCN(Cc3ccccc3)CC2)cc1. The zero-order chi connectivity index (χ0) is 24.7. The Hall–Kier alpha value is -2.55. The molecule has 0 amide bonds. The maximum atomic E-state index is 13.1. The minimum Gasteiger partial charge on any atom is -0.390 e. The number of piperazine rings is 1. The van der Waals surface area contributed by atoms with Crippen LogP contribution in [-0.2, 0) is 23.0 Å². The molecule has 0 aliphatic carbocycles. The lowest BCUT2D eigenvalue weighted by atomic mass is 10.0. The van der Waals surface area contributed by atoms with Gasteiger partial charge in [0.05, 0.1) is 17.0 Å². The second-order valence-corrected chi connectivity index (χ2v) is 11.1. The van der Waals surface area contributed by atoms with Gasteiger partial charge in [-0.1, -0.05) is 78.4 Å². The highest BCUT2D eigenvalue weighted by molar-refractivity contribution is 7.89. The van der Waals surface area contributed by atoms with E-state index in [0.29, 0.717) is 13.0 Å². The van der Waals surface area contributed by atoms with Crippen molar-refractivity contribution in [3.8, 4) is 0 Å². The van der Waals surface area contributed by atoms with E-state index in [0.717, 1.165) is 43.9 Å². The van der Waals surface area contributed by atoms with Crippen molar-refractivity contribution in [1.29, 1.82) is 0 Å². The van der Waals surface area contributed by atoms with Gasteiger partial charge in [-0.25, -0.2) is 13.1 Å². The summed E-state index contributed by atoms with van der Waals surface area (Å²) in [5, 5.41) is 11.2. The molecule has 6 nitrogen and oxygen atoms in total. The van der Waals surface area contributed by atoms with E-state index in [-0.39, 0.29) is 4.90 Å². The number of hydrogen-bond acceptors (Lipinski definition) is 5. The van der Waals surface area contributed by atoms with Crippen molar-refractivity contribution < 1.29 is 13.5 Å². The van der Waals surface area contributed by atoms with Crippen LogP contribution in [0.2, 0.25) is 0 Å². The van der Waals surface area contributed by atoms with E-state index in [1.165, 1.54) is 5.56 Å². The minimum absolute atomic E-state index is 0.211. The number of aryl methyl sites for hydroxylation is 1. The highest BCUT2D eigenvalue weighted by Gasteiger charge is 2.29. The van der Waals surface area contributed by atoms with E-state index in [1.807, 2.05) is 43.3 Å². The van der Waals surface area contributed by atoms with E-state index in [2.05, 4.69) is 38.8 Å². The number of aliphatic hydroxyl groups is 1. The summed E-state index contributed by atoms with van der Waals surface area (Å²) in [6, 6.07) is 26.3. The van der Waals surface area contributed by atoms with Gasteiger partial charge < -0.3 is 5.11 Å². The van der Waals surface area contributed by atoms with Gasteiger partial charge in [-0.15, -0.1) is 0 Å². The molecule has 2 N–H and O–H groups in total. The molecule has 7 heteroatoms. The van der Waals surface area contributed by atoms with Gasteiger partial charge >= 0.3 is 0 Å². The number of benzene rings is 3. The molecule has 3 aromatic rings. The van der Waals surface area contributed by atoms with Crippen LogP contribution in [0.1, 0.15) is 16.7 Å². The summed E-state index contributed by atoms with van der Waals surface area (Å²) in [6.45, 7) is 6.78. The third-order valence-electron chi connectivity index (χ3n) is 6.56. The van der Waals surface area contributed by atoms with Gasteiger partial charge in [0.15, 0.2) is 0 Å². The summed E-state index contributed by atoms with van der Waals surface area (Å²) in [6.07, 6.45) is -0.419.